The molecule has 0 fully saturated rings. The summed E-state index contributed by atoms with van der Waals surface area (Å²) in [7, 11) is 0. The average molecular weight is 404 g/mol. The Hall–Kier alpha value is -4.00. The number of benzene rings is 3. The second-order valence-corrected chi connectivity index (χ2v) is 6.72. The molecule has 0 unspecified atom stereocenters. The number of aromatic nitrogens is 1. The topological polar surface area (TPSA) is 60.5 Å². The van der Waals surface area contributed by atoms with E-state index >= 15 is 0 Å². The van der Waals surface area contributed by atoms with Crippen LogP contribution in [0.3, 0.4) is 0 Å². The zero-order valence-electron chi connectivity index (χ0n) is 15.5. The molecule has 0 radical (unpaired) electrons. The Balaban J connectivity index is 1.58. The number of nitrogens with zero attached hydrogens (tertiary/aromatic N) is 1. The third-order valence-electron chi connectivity index (χ3n) is 4.81. The largest absolute Gasteiger partial charge is 0.454 e. The minimum Gasteiger partial charge on any atom is -0.454 e. The summed E-state index contributed by atoms with van der Waals surface area (Å²) in [5.41, 5.74) is 2.47. The van der Waals surface area contributed by atoms with Crippen LogP contribution in [0, 0.1) is 11.6 Å². The van der Waals surface area contributed by atoms with E-state index in [9.17, 15) is 13.6 Å². The van der Waals surface area contributed by atoms with Crippen LogP contribution < -0.4 is 14.8 Å². The monoisotopic (exact) mass is 404 g/mol. The fourth-order valence-corrected chi connectivity index (χ4v) is 3.34. The van der Waals surface area contributed by atoms with Crippen LogP contribution in [0.15, 0.2) is 66.7 Å². The van der Waals surface area contributed by atoms with Crippen LogP contribution in [0.1, 0.15) is 10.4 Å². The molecule has 3 aromatic carbocycles. The van der Waals surface area contributed by atoms with E-state index in [0.29, 0.717) is 33.7 Å². The Kier molecular flexibility index (Phi) is 4.28. The minimum absolute atomic E-state index is 0.157. The van der Waals surface area contributed by atoms with Gasteiger partial charge in [0.15, 0.2) is 23.1 Å². The number of carbonyl (C=O) groups excluding carboxylic acids is 1. The molecule has 1 aromatic heterocycles. The molecule has 0 aliphatic carbocycles. The summed E-state index contributed by atoms with van der Waals surface area (Å²) in [6, 6.07) is 17.5. The second-order valence-electron chi connectivity index (χ2n) is 6.72. The summed E-state index contributed by atoms with van der Waals surface area (Å²) in [6.45, 7) is 0.159. The lowest BCUT2D eigenvalue weighted by molar-refractivity contribution is 0.102. The standard InChI is InChI=1S/C23H14F2N2O3/c24-17-7-6-14(10-18(17)25)26-23(28)16-11-20(27-19-4-2-1-3-15(16)19)13-5-8-21-22(9-13)30-12-29-21/h1-11H,12H2,(H,26,28). The Morgan fingerprint density at radius 3 is 2.60 bits per heavy atom. The quantitative estimate of drug-likeness (QED) is 0.512. The maximum atomic E-state index is 13.5. The second kappa shape index (κ2) is 7.11. The van der Waals surface area contributed by atoms with Gasteiger partial charge >= 0.3 is 0 Å². The molecule has 1 amide bonds. The number of ether oxygens (including phenoxy) is 2. The highest BCUT2D eigenvalue weighted by molar-refractivity contribution is 6.13. The molecule has 4 aromatic rings. The third-order valence-corrected chi connectivity index (χ3v) is 4.81. The first kappa shape index (κ1) is 18.1. The summed E-state index contributed by atoms with van der Waals surface area (Å²) in [5.74, 6) is -1.21. The van der Waals surface area contributed by atoms with E-state index < -0.39 is 17.5 Å². The van der Waals surface area contributed by atoms with Crippen molar-refractivity contribution >= 4 is 22.5 Å². The molecular weight excluding hydrogens is 390 g/mol. The lowest BCUT2D eigenvalue weighted by Crippen LogP contribution is -2.13. The molecule has 5 nitrogen and oxygen atoms in total. The first-order valence-electron chi connectivity index (χ1n) is 9.15. The van der Waals surface area contributed by atoms with Crippen LogP contribution in [-0.4, -0.2) is 17.7 Å². The maximum Gasteiger partial charge on any atom is 0.256 e. The van der Waals surface area contributed by atoms with E-state index in [0.717, 1.165) is 17.7 Å². The molecule has 0 saturated carbocycles. The maximum absolute atomic E-state index is 13.5. The van der Waals surface area contributed by atoms with E-state index in [-0.39, 0.29) is 12.5 Å². The van der Waals surface area contributed by atoms with Crippen LogP contribution >= 0.6 is 0 Å². The Morgan fingerprint density at radius 1 is 0.900 bits per heavy atom. The van der Waals surface area contributed by atoms with Crippen LogP contribution in [0.4, 0.5) is 14.5 Å². The van der Waals surface area contributed by atoms with Crippen molar-refractivity contribution in [1.82, 2.24) is 4.98 Å². The minimum atomic E-state index is -1.03. The van der Waals surface area contributed by atoms with E-state index in [2.05, 4.69) is 10.3 Å². The summed E-state index contributed by atoms with van der Waals surface area (Å²) < 4.78 is 37.5. The number of hydrogen-bond acceptors (Lipinski definition) is 4. The van der Waals surface area contributed by atoms with Crippen LogP contribution in [0.2, 0.25) is 0 Å². The number of amides is 1. The molecule has 0 bridgehead atoms. The van der Waals surface area contributed by atoms with Gasteiger partial charge < -0.3 is 14.8 Å². The van der Waals surface area contributed by atoms with Gasteiger partial charge in [-0.15, -0.1) is 0 Å². The Bertz CT molecular complexity index is 1310. The van der Waals surface area contributed by atoms with E-state index in [4.69, 9.17) is 9.47 Å². The van der Waals surface area contributed by atoms with Crippen molar-refractivity contribution < 1.29 is 23.0 Å². The predicted octanol–water partition coefficient (Wildman–Crippen LogP) is 5.16. The molecular formula is C23H14F2N2O3. The number of hydrogen-bond donors (Lipinski definition) is 1. The zero-order chi connectivity index (χ0) is 20.7. The molecule has 1 N–H and O–H groups in total. The molecule has 5 rings (SSSR count). The summed E-state index contributed by atoms with van der Waals surface area (Å²) in [5, 5.41) is 3.26. The number of carbonyl (C=O) groups is 1. The average Bonchev–Trinajstić information content (AvgIpc) is 3.23. The third kappa shape index (κ3) is 3.20. The fraction of sp³-hybridized carbons (Fsp3) is 0.0435. The van der Waals surface area contributed by atoms with Gasteiger partial charge in [-0.05, 0) is 42.5 Å². The van der Waals surface area contributed by atoms with Gasteiger partial charge in [0.05, 0.1) is 16.8 Å². The van der Waals surface area contributed by atoms with Crippen molar-refractivity contribution in [3.63, 3.8) is 0 Å². The van der Waals surface area contributed by atoms with E-state index in [1.165, 1.54) is 6.07 Å². The molecule has 2 heterocycles. The number of anilines is 1. The SMILES string of the molecule is O=C(Nc1ccc(F)c(F)c1)c1cc(-c2ccc3c(c2)OCO3)nc2ccccc12. The lowest BCUT2D eigenvalue weighted by Gasteiger charge is -2.11. The highest BCUT2D eigenvalue weighted by Gasteiger charge is 2.18. The van der Waals surface area contributed by atoms with Gasteiger partial charge in [-0.3, -0.25) is 4.79 Å². The molecule has 1 aliphatic rings. The van der Waals surface area contributed by atoms with E-state index in [1.807, 2.05) is 12.1 Å². The van der Waals surface area contributed by atoms with Crippen LogP contribution in [0.5, 0.6) is 11.5 Å². The Labute approximate surface area is 169 Å². The zero-order valence-corrected chi connectivity index (χ0v) is 15.5. The normalized spacial score (nSPS) is 12.2. The number of nitrogens with one attached hydrogen (secondary N) is 1. The number of pyridine rings is 1. The first-order valence-corrected chi connectivity index (χ1v) is 9.15. The van der Waals surface area contributed by atoms with E-state index in [1.54, 1.807) is 36.4 Å². The van der Waals surface area contributed by atoms with Gasteiger partial charge in [-0.2, -0.15) is 0 Å². The highest BCUT2D eigenvalue weighted by Crippen LogP contribution is 2.36. The van der Waals surface area contributed by atoms with Gasteiger partial charge in [-0.1, -0.05) is 18.2 Å². The van der Waals surface area contributed by atoms with Crippen LogP contribution in [0.25, 0.3) is 22.2 Å². The molecule has 0 saturated heterocycles. The van der Waals surface area contributed by atoms with Crippen molar-refractivity contribution in [2.45, 2.75) is 0 Å². The van der Waals surface area contributed by atoms with Crippen molar-refractivity contribution in [2.24, 2.45) is 0 Å². The summed E-state index contributed by atoms with van der Waals surface area (Å²) >= 11 is 0. The molecule has 148 valence electrons. The van der Waals surface area contributed by atoms with Crippen LogP contribution in [-0.2, 0) is 0 Å². The van der Waals surface area contributed by atoms with Gasteiger partial charge in [0.25, 0.3) is 5.91 Å². The molecule has 0 atom stereocenters. The van der Waals surface area contributed by atoms with Crippen molar-refractivity contribution in [2.75, 3.05) is 12.1 Å². The number of para-hydroxylation sites is 1. The smallest absolute Gasteiger partial charge is 0.256 e. The van der Waals surface area contributed by atoms with Gasteiger partial charge in [0.1, 0.15) is 0 Å². The lowest BCUT2D eigenvalue weighted by atomic mass is 10.0. The predicted molar refractivity (Wildman–Crippen MR) is 108 cm³/mol. The summed E-state index contributed by atoms with van der Waals surface area (Å²) in [6.07, 6.45) is 0. The van der Waals surface area contributed by atoms with Crippen molar-refractivity contribution in [3.8, 4) is 22.8 Å². The molecule has 7 heteroatoms. The molecule has 0 spiro atoms. The number of halogens is 2. The number of fused-ring (bicyclic) bond motifs is 2. The fourth-order valence-electron chi connectivity index (χ4n) is 3.34. The Morgan fingerprint density at radius 2 is 1.73 bits per heavy atom. The molecule has 1 aliphatic heterocycles. The van der Waals surface area contributed by atoms with Crippen molar-refractivity contribution in [3.05, 3.63) is 83.9 Å². The number of rotatable bonds is 3. The van der Waals surface area contributed by atoms with Crippen molar-refractivity contribution in [1.29, 1.82) is 0 Å². The summed E-state index contributed by atoms with van der Waals surface area (Å²) in [4.78, 5) is 17.7. The van der Waals surface area contributed by atoms with Gasteiger partial charge in [0, 0.05) is 22.7 Å². The molecule has 30 heavy (non-hydrogen) atoms. The first-order chi connectivity index (χ1) is 14.6. The van der Waals surface area contributed by atoms with Gasteiger partial charge in [-0.25, -0.2) is 13.8 Å². The van der Waals surface area contributed by atoms with Gasteiger partial charge in [0.2, 0.25) is 6.79 Å². The highest BCUT2D eigenvalue weighted by atomic mass is 19.2.